The van der Waals surface area contributed by atoms with Crippen molar-refractivity contribution in [3.8, 4) is 11.5 Å². The molecule has 21 heavy (non-hydrogen) atoms. The van der Waals surface area contributed by atoms with Crippen LogP contribution in [0.15, 0.2) is 35.7 Å². The van der Waals surface area contributed by atoms with Crippen molar-refractivity contribution in [1.29, 1.82) is 0 Å². The van der Waals surface area contributed by atoms with E-state index in [1.165, 1.54) is 12.1 Å². The number of alkyl halides is 3. The predicted molar refractivity (Wildman–Crippen MR) is 68.7 cm³/mol. The number of ether oxygens (including phenoxy) is 2. The number of hydrogen-bond acceptors (Lipinski definition) is 4. The largest absolute Gasteiger partial charge is 0.573 e. The van der Waals surface area contributed by atoms with Crippen molar-refractivity contribution < 1.29 is 32.5 Å². The molecule has 0 radical (unpaired) electrons. The molecule has 1 heterocycles. The summed E-state index contributed by atoms with van der Waals surface area (Å²) in [6, 6.07) is 6.49. The molecule has 2 rings (SSSR count). The summed E-state index contributed by atoms with van der Waals surface area (Å²) in [5.74, 6) is -1.08. The third-order valence-electron chi connectivity index (χ3n) is 2.39. The number of benzene rings is 1. The van der Waals surface area contributed by atoms with E-state index in [0.29, 0.717) is 11.3 Å². The molecule has 0 unspecified atom stereocenters. The average molecular weight is 318 g/mol. The Bertz CT molecular complexity index is 619. The van der Waals surface area contributed by atoms with E-state index >= 15 is 0 Å². The monoisotopic (exact) mass is 318 g/mol. The highest BCUT2D eigenvalue weighted by Crippen LogP contribution is 2.25. The maximum absolute atomic E-state index is 12.0. The van der Waals surface area contributed by atoms with Crippen molar-refractivity contribution in [2.75, 3.05) is 0 Å². The molecule has 0 atom stereocenters. The van der Waals surface area contributed by atoms with Gasteiger partial charge in [0.05, 0.1) is 0 Å². The van der Waals surface area contributed by atoms with Crippen LogP contribution in [0.25, 0.3) is 0 Å². The Balaban J connectivity index is 1.98. The van der Waals surface area contributed by atoms with Gasteiger partial charge in [-0.25, -0.2) is 4.79 Å². The van der Waals surface area contributed by atoms with Crippen LogP contribution in [0.3, 0.4) is 0 Å². The normalized spacial score (nSPS) is 11.2. The van der Waals surface area contributed by atoms with Gasteiger partial charge in [0.15, 0.2) is 0 Å². The SMILES string of the molecule is O=C(O)c1sccc1COc1ccc(OC(F)(F)F)cc1. The zero-order valence-electron chi connectivity index (χ0n) is 10.4. The fraction of sp³-hybridized carbons (Fsp3) is 0.154. The van der Waals surface area contributed by atoms with E-state index in [0.717, 1.165) is 23.5 Å². The van der Waals surface area contributed by atoms with Gasteiger partial charge >= 0.3 is 12.3 Å². The minimum absolute atomic E-state index is 0.0185. The van der Waals surface area contributed by atoms with E-state index in [-0.39, 0.29) is 17.2 Å². The Morgan fingerprint density at radius 1 is 1.14 bits per heavy atom. The molecule has 1 aromatic heterocycles. The molecule has 112 valence electrons. The number of thiophene rings is 1. The first-order valence-corrected chi connectivity index (χ1v) is 6.51. The number of hydrogen-bond donors (Lipinski definition) is 1. The minimum atomic E-state index is -4.74. The second-order valence-electron chi connectivity index (χ2n) is 3.89. The molecule has 0 saturated carbocycles. The lowest BCUT2D eigenvalue weighted by Gasteiger charge is -2.10. The van der Waals surface area contributed by atoms with Gasteiger partial charge in [-0.2, -0.15) is 0 Å². The maximum Gasteiger partial charge on any atom is 0.573 e. The van der Waals surface area contributed by atoms with E-state index in [4.69, 9.17) is 9.84 Å². The fourth-order valence-electron chi connectivity index (χ4n) is 1.54. The molecule has 1 aromatic carbocycles. The van der Waals surface area contributed by atoms with E-state index in [1.807, 2.05) is 0 Å². The van der Waals surface area contributed by atoms with Crippen molar-refractivity contribution in [2.24, 2.45) is 0 Å². The van der Waals surface area contributed by atoms with Gasteiger partial charge in [0.2, 0.25) is 0 Å². The molecule has 0 saturated heterocycles. The Kier molecular flexibility index (Phi) is 4.37. The highest BCUT2D eigenvalue weighted by Gasteiger charge is 2.30. The summed E-state index contributed by atoms with van der Waals surface area (Å²) in [6.45, 7) is 0.0185. The molecular weight excluding hydrogens is 309 g/mol. The first kappa shape index (κ1) is 15.2. The molecule has 8 heteroatoms. The number of aromatic carboxylic acids is 1. The number of carboxylic acids is 1. The Morgan fingerprint density at radius 2 is 1.76 bits per heavy atom. The summed E-state index contributed by atoms with van der Waals surface area (Å²) in [7, 11) is 0. The van der Waals surface area contributed by atoms with Crippen molar-refractivity contribution in [3.05, 3.63) is 46.2 Å². The molecular formula is C13H9F3O4S. The van der Waals surface area contributed by atoms with Crippen molar-refractivity contribution in [1.82, 2.24) is 0 Å². The van der Waals surface area contributed by atoms with Gasteiger partial charge in [0.25, 0.3) is 0 Å². The van der Waals surface area contributed by atoms with Crippen LogP contribution in [-0.2, 0) is 6.61 Å². The lowest BCUT2D eigenvalue weighted by atomic mass is 10.2. The first-order valence-electron chi connectivity index (χ1n) is 5.63. The highest BCUT2D eigenvalue weighted by molar-refractivity contribution is 7.12. The van der Waals surface area contributed by atoms with Gasteiger partial charge in [-0.05, 0) is 35.7 Å². The highest BCUT2D eigenvalue weighted by atomic mass is 32.1. The molecule has 0 spiro atoms. The summed E-state index contributed by atoms with van der Waals surface area (Å²) in [4.78, 5) is 11.1. The van der Waals surface area contributed by atoms with Crippen LogP contribution in [0.4, 0.5) is 13.2 Å². The molecule has 4 nitrogen and oxygen atoms in total. The van der Waals surface area contributed by atoms with E-state index in [2.05, 4.69) is 4.74 Å². The summed E-state index contributed by atoms with van der Waals surface area (Å²) < 4.78 is 45.0. The van der Waals surface area contributed by atoms with Gasteiger partial charge in [0.1, 0.15) is 23.0 Å². The predicted octanol–water partition coefficient (Wildman–Crippen LogP) is 3.92. The van der Waals surface area contributed by atoms with Crippen molar-refractivity contribution >= 4 is 17.3 Å². The molecule has 0 amide bonds. The van der Waals surface area contributed by atoms with Gasteiger partial charge in [-0.15, -0.1) is 24.5 Å². The minimum Gasteiger partial charge on any atom is -0.489 e. The molecule has 0 fully saturated rings. The van der Waals surface area contributed by atoms with Crippen molar-refractivity contribution in [2.45, 2.75) is 13.0 Å². The van der Waals surface area contributed by atoms with Gasteiger partial charge < -0.3 is 14.6 Å². The zero-order valence-corrected chi connectivity index (χ0v) is 11.2. The first-order chi connectivity index (χ1) is 9.85. The third kappa shape index (κ3) is 4.38. The van der Waals surface area contributed by atoms with Crippen LogP contribution in [0, 0.1) is 0 Å². The number of rotatable bonds is 5. The maximum atomic E-state index is 12.0. The van der Waals surface area contributed by atoms with Crippen LogP contribution in [-0.4, -0.2) is 17.4 Å². The van der Waals surface area contributed by atoms with Gasteiger partial charge in [0, 0.05) is 5.56 Å². The number of carboxylic acid groups (broad SMARTS) is 1. The van der Waals surface area contributed by atoms with Crippen LogP contribution in [0.1, 0.15) is 15.2 Å². The Morgan fingerprint density at radius 3 is 2.33 bits per heavy atom. The summed E-state index contributed by atoms with van der Waals surface area (Å²) in [5, 5.41) is 10.6. The second-order valence-corrected chi connectivity index (χ2v) is 4.80. The van der Waals surface area contributed by atoms with Crippen LogP contribution in [0.5, 0.6) is 11.5 Å². The quantitative estimate of drug-likeness (QED) is 0.907. The van der Waals surface area contributed by atoms with E-state index < -0.39 is 12.3 Å². The van der Waals surface area contributed by atoms with E-state index in [1.54, 1.807) is 11.4 Å². The smallest absolute Gasteiger partial charge is 0.489 e. The second kappa shape index (κ2) is 6.04. The lowest BCUT2D eigenvalue weighted by molar-refractivity contribution is -0.274. The van der Waals surface area contributed by atoms with Crippen LogP contribution >= 0.6 is 11.3 Å². The van der Waals surface area contributed by atoms with Crippen molar-refractivity contribution in [3.63, 3.8) is 0 Å². The molecule has 0 aliphatic rings. The fourth-order valence-corrected chi connectivity index (χ4v) is 2.28. The van der Waals surface area contributed by atoms with E-state index in [9.17, 15) is 18.0 Å². The molecule has 0 aliphatic carbocycles. The lowest BCUT2D eigenvalue weighted by Crippen LogP contribution is -2.16. The Labute approximate surface area is 121 Å². The topological polar surface area (TPSA) is 55.8 Å². The number of halogens is 3. The molecule has 1 N–H and O–H groups in total. The summed E-state index contributed by atoms with van der Waals surface area (Å²) in [6.07, 6.45) is -4.74. The van der Waals surface area contributed by atoms with Crippen LogP contribution < -0.4 is 9.47 Å². The molecule has 0 bridgehead atoms. The third-order valence-corrected chi connectivity index (χ3v) is 3.34. The number of carbonyl (C=O) groups is 1. The van der Waals surface area contributed by atoms with Gasteiger partial charge in [-0.1, -0.05) is 0 Å². The average Bonchev–Trinajstić information content (AvgIpc) is 2.84. The summed E-state index contributed by atoms with van der Waals surface area (Å²) >= 11 is 1.08. The summed E-state index contributed by atoms with van der Waals surface area (Å²) in [5.41, 5.74) is 0.503. The zero-order chi connectivity index (χ0) is 15.5. The van der Waals surface area contributed by atoms with Gasteiger partial charge in [-0.3, -0.25) is 0 Å². The van der Waals surface area contributed by atoms with Crippen LogP contribution in [0.2, 0.25) is 0 Å². The molecule has 2 aromatic rings. The standard InChI is InChI=1S/C13H9F3O4S/c14-13(15,16)20-10-3-1-9(2-4-10)19-7-8-5-6-21-11(8)12(17)18/h1-6H,7H2,(H,17,18). The Hall–Kier alpha value is -2.22. The molecule has 0 aliphatic heterocycles.